The summed E-state index contributed by atoms with van der Waals surface area (Å²) in [5, 5.41) is 15.5. The van der Waals surface area contributed by atoms with Gasteiger partial charge in [0.25, 0.3) is 0 Å². The van der Waals surface area contributed by atoms with Crippen LogP contribution in [0.4, 0.5) is 4.79 Å². The highest BCUT2D eigenvalue weighted by atomic mass is 16.6. The van der Waals surface area contributed by atoms with Crippen molar-refractivity contribution in [2.75, 3.05) is 6.54 Å². The molecule has 0 aromatic carbocycles. The van der Waals surface area contributed by atoms with E-state index in [2.05, 4.69) is 10.6 Å². The van der Waals surface area contributed by atoms with Crippen LogP contribution in [0.3, 0.4) is 0 Å². The first-order valence-electron chi connectivity index (χ1n) is 7.49. The maximum atomic E-state index is 11.8. The molecule has 0 aromatic heterocycles. The highest BCUT2D eigenvalue weighted by Crippen LogP contribution is 2.13. The van der Waals surface area contributed by atoms with E-state index in [1.807, 2.05) is 20.8 Å². The van der Waals surface area contributed by atoms with Gasteiger partial charge >= 0.3 is 6.09 Å². The second-order valence-corrected chi connectivity index (χ2v) is 6.61. The Hall–Kier alpha value is -1.30. The van der Waals surface area contributed by atoms with Crippen molar-refractivity contribution in [1.82, 2.24) is 10.6 Å². The van der Waals surface area contributed by atoms with Crippen LogP contribution in [0.2, 0.25) is 0 Å². The molecule has 2 amide bonds. The van der Waals surface area contributed by atoms with Crippen molar-refractivity contribution in [3.05, 3.63) is 0 Å². The molecule has 0 rings (SSSR count). The smallest absolute Gasteiger partial charge is 0.407 e. The lowest BCUT2D eigenvalue weighted by molar-refractivity contribution is -0.123. The van der Waals surface area contributed by atoms with Crippen LogP contribution < -0.4 is 10.6 Å². The molecule has 2 unspecified atom stereocenters. The minimum atomic E-state index is -0.938. The van der Waals surface area contributed by atoms with Crippen LogP contribution in [0.15, 0.2) is 0 Å². The molecule has 6 nitrogen and oxygen atoms in total. The molecule has 6 heteroatoms. The van der Waals surface area contributed by atoms with Gasteiger partial charge in [0.1, 0.15) is 5.60 Å². The Morgan fingerprint density at radius 2 is 1.81 bits per heavy atom. The molecule has 0 aromatic rings. The predicted molar refractivity (Wildman–Crippen MR) is 81.9 cm³/mol. The molecular formula is C15H30N2O4. The number of amides is 2. The van der Waals surface area contributed by atoms with Crippen LogP contribution in [0.5, 0.6) is 0 Å². The highest BCUT2D eigenvalue weighted by molar-refractivity contribution is 5.76. The SMILES string of the molecule is CCNC(=O)CC(O)C(CC(C)C)NC(=O)OC(C)(C)C. The quantitative estimate of drug-likeness (QED) is 0.669. The fraction of sp³-hybridized carbons (Fsp3) is 0.867. The van der Waals surface area contributed by atoms with Gasteiger partial charge in [0.2, 0.25) is 5.91 Å². The minimum Gasteiger partial charge on any atom is -0.444 e. The summed E-state index contributed by atoms with van der Waals surface area (Å²) in [7, 11) is 0. The number of carbonyl (C=O) groups excluding carboxylic acids is 2. The lowest BCUT2D eigenvalue weighted by atomic mass is 9.97. The number of hydrogen-bond donors (Lipinski definition) is 3. The second-order valence-electron chi connectivity index (χ2n) is 6.61. The van der Waals surface area contributed by atoms with Gasteiger partial charge in [-0.3, -0.25) is 4.79 Å². The normalized spacial score (nSPS) is 14.5. The topological polar surface area (TPSA) is 87.7 Å². The Morgan fingerprint density at radius 3 is 2.24 bits per heavy atom. The van der Waals surface area contributed by atoms with Crippen LogP contribution in [0, 0.1) is 5.92 Å². The van der Waals surface area contributed by atoms with E-state index < -0.39 is 23.8 Å². The lowest BCUT2D eigenvalue weighted by Gasteiger charge is -2.27. The summed E-state index contributed by atoms with van der Waals surface area (Å²) in [4.78, 5) is 23.4. The third-order valence-electron chi connectivity index (χ3n) is 2.66. The van der Waals surface area contributed by atoms with Crippen molar-refractivity contribution in [2.24, 2.45) is 5.92 Å². The van der Waals surface area contributed by atoms with Gasteiger partial charge in [0.05, 0.1) is 18.6 Å². The van der Waals surface area contributed by atoms with Gasteiger partial charge in [0, 0.05) is 6.54 Å². The molecule has 0 heterocycles. The van der Waals surface area contributed by atoms with Crippen molar-refractivity contribution in [1.29, 1.82) is 0 Å². The van der Waals surface area contributed by atoms with Gasteiger partial charge in [0.15, 0.2) is 0 Å². The zero-order valence-corrected chi connectivity index (χ0v) is 14.0. The van der Waals surface area contributed by atoms with Crippen LogP contribution in [0.25, 0.3) is 0 Å². The monoisotopic (exact) mass is 302 g/mol. The first-order valence-corrected chi connectivity index (χ1v) is 7.49. The molecular weight excluding hydrogens is 272 g/mol. The summed E-state index contributed by atoms with van der Waals surface area (Å²) >= 11 is 0. The molecule has 0 spiro atoms. The van der Waals surface area contributed by atoms with Gasteiger partial charge in [-0.25, -0.2) is 4.79 Å². The van der Waals surface area contributed by atoms with E-state index in [0.717, 1.165) is 0 Å². The van der Waals surface area contributed by atoms with E-state index in [9.17, 15) is 14.7 Å². The van der Waals surface area contributed by atoms with Crippen LogP contribution >= 0.6 is 0 Å². The maximum Gasteiger partial charge on any atom is 0.407 e. The summed E-state index contributed by atoms with van der Waals surface area (Å²) in [5.41, 5.74) is -0.600. The molecule has 21 heavy (non-hydrogen) atoms. The standard InChI is InChI=1S/C15H30N2O4/c1-7-16-13(19)9-12(18)11(8-10(2)3)17-14(20)21-15(4,5)6/h10-12,18H,7-9H2,1-6H3,(H,16,19)(H,17,20). The van der Waals surface area contributed by atoms with Crippen LogP contribution in [-0.2, 0) is 9.53 Å². The Kier molecular flexibility index (Phi) is 8.32. The van der Waals surface area contributed by atoms with Gasteiger partial charge < -0.3 is 20.5 Å². The average molecular weight is 302 g/mol. The fourth-order valence-electron chi connectivity index (χ4n) is 1.88. The van der Waals surface area contributed by atoms with E-state index in [0.29, 0.717) is 13.0 Å². The first-order chi connectivity index (χ1) is 9.55. The van der Waals surface area contributed by atoms with Crippen molar-refractivity contribution in [3.8, 4) is 0 Å². The molecule has 124 valence electrons. The third-order valence-corrected chi connectivity index (χ3v) is 2.66. The lowest BCUT2D eigenvalue weighted by Crippen LogP contribution is -2.47. The first kappa shape index (κ1) is 19.7. The number of hydrogen-bond acceptors (Lipinski definition) is 4. The molecule has 2 atom stereocenters. The van der Waals surface area contributed by atoms with E-state index in [4.69, 9.17) is 4.74 Å². The molecule has 0 fully saturated rings. The minimum absolute atomic E-state index is 0.0407. The molecule has 0 bridgehead atoms. The summed E-state index contributed by atoms with van der Waals surface area (Å²) in [6.07, 6.45) is -0.990. The van der Waals surface area contributed by atoms with E-state index in [-0.39, 0.29) is 18.2 Å². The maximum absolute atomic E-state index is 11.8. The fourth-order valence-corrected chi connectivity index (χ4v) is 1.88. The molecule has 0 radical (unpaired) electrons. The molecule has 0 saturated carbocycles. The zero-order valence-electron chi connectivity index (χ0n) is 14.0. The molecule has 0 saturated heterocycles. The Labute approximate surface area is 127 Å². The summed E-state index contributed by atoms with van der Waals surface area (Å²) < 4.78 is 5.19. The Balaban J connectivity index is 4.63. The Bertz CT molecular complexity index is 337. The molecule has 0 aliphatic rings. The number of alkyl carbamates (subject to hydrolysis) is 1. The number of carbonyl (C=O) groups is 2. The van der Waals surface area contributed by atoms with Crippen molar-refractivity contribution < 1.29 is 19.4 Å². The van der Waals surface area contributed by atoms with Crippen LogP contribution in [0.1, 0.15) is 54.4 Å². The van der Waals surface area contributed by atoms with E-state index in [1.54, 1.807) is 20.8 Å². The number of ether oxygens (including phenoxy) is 1. The summed E-state index contributed by atoms with van der Waals surface area (Å²) in [5.74, 6) is 0.0403. The van der Waals surface area contributed by atoms with E-state index >= 15 is 0 Å². The zero-order chi connectivity index (χ0) is 16.6. The Morgan fingerprint density at radius 1 is 1.24 bits per heavy atom. The number of nitrogens with one attached hydrogen (secondary N) is 2. The second kappa shape index (κ2) is 8.87. The number of aliphatic hydroxyl groups excluding tert-OH is 1. The average Bonchev–Trinajstić information content (AvgIpc) is 2.24. The largest absolute Gasteiger partial charge is 0.444 e. The third kappa shape index (κ3) is 10.1. The van der Waals surface area contributed by atoms with Gasteiger partial charge in [-0.1, -0.05) is 13.8 Å². The van der Waals surface area contributed by atoms with E-state index in [1.165, 1.54) is 0 Å². The summed E-state index contributed by atoms with van der Waals surface area (Å²) in [6.45, 7) is 11.6. The van der Waals surface area contributed by atoms with Gasteiger partial charge in [-0.05, 0) is 40.0 Å². The predicted octanol–water partition coefficient (Wildman–Crippen LogP) is 1.81. The van der Waals surface area contributed by atoms with Crippen molar-refractivity contribution >= 4 is 12.0 Å². The van der Waals surface area contributed by atoms with Gasteiger partial charge in [-0.15, -0.1) is 0 Å². The van der Waals surface area contributed by atoms with Crippen molar-refractivity contribution in [2.45, 2.75) is 72.1 Å². The van der Waals surface area contributed by atoms with Gasteiger partial charge in [-0.2, -0.15) is 0 Å². The number of rotatable bonds is 7. The van der Waals surface area contributed by atoms with Crippen LogP contribution in [-0.4, -0.2) is 41.4 Å². The molecule has 3 N–H and O–H groups in total. The summed E-state index contributed by atoms with van der Waals surface area (Å²) in [6, 6.07) is -0.512. The highest BCUT2D eigenvalue weighted by Gasteiger charge is 2.26. The van der Waals surface area contributed by atoms with Crippen molar-refractivity contribution in [3.63, 3.8) is 0 Å². The number of aliphatic hydroxyl groups is 1. The molecule has 0 aliphatic carbocycles. The molecule has 0 aliphatic heterocycles.